The van der Waals surface area contributed by atoms with Crippen LogP contribution in [-0.2, 0) is 0 Å². The first-order valence-corrected chi connectivity index (χ1v) is 7.38. The third-order valence-corrected chi connectivity index (χ3v) is 3.81. The van der Waals surface area contributed by atoms with Gasteiger partial charge in [-0.2, -0.15) is 0 Å². The van der Waals surface area contributed by atoms with Crippen molar-refractivity contribution in [2.24, 2.45) is 10.7 Å². The normalized spacial score (nSPS) is 11.7. The highest BCUT2D eigenvalue weighted by molar-refractivity contribution is 6.00. The number of hydrogen-bond donors (Lipinski definition) is 1. The van der Waals surface area contributed by atoms with Crippen molar-refractivity contribution in [1.82, 2.24) is 0 Å². The fraction of sp³-hybridized carbons (Fsp3) is 0.105. The summed E-state index contributed by atoms with van der Waals surface area (Å²) in [5, 5.41) is 1.67. The fourth-order valence-electron chi connectivity index (χ4n) is 2.50. The van der Waals surface area contributed by atoms with E-state index in [1.54, 1.807) is 11.0 Å². The van der Waals surface area contributed by atoms with Crippen molar-refractivity contribution >= 4 is 28.1 Å². The number of nitrogens with two attached hydrogens (primary N) is 1. The molecule has 0 aliphatic rings. The molecule has 0 saturated carbocycles. The molecule has 3 nitrogen and oxygen atoms in total. The van der Waals surface area contributed by atoms with Gasteiger partial charge in [0.15, 0.2) is 0 Å². The van der Waals surface area contributed by atoms with E-state index >= 15 is 0 Å². The lowest BCUT2D eigenvalue weighted by Gasteiger charge is -2.19. The van der Waals surface area contributed by atoms with E-state index in [0.717, 1.165) is 22.0 Å². The predicted octanol–water partition coefficient (Wildman–Crippen LogP) is 4.37. The largest absolute Gasteiger partial charge is 0.369 e. The maximum Gasteiger partial charge on any atom is 0.200 e. The average Bonchev–Trinajstić information content (AvgIpc) is 2.56. The molecule has 0 bridgehead atoms. The number of halogens is 1. The topological polar surface area (TPSA) is 41.6 Å². The minimum Gasteiger partial charge on any atom is -0.369 e. The summed E-state index contributed by atoms with van der Waals surface area (Å²) in [6.45, 7) is 2.01. The summed E-state index contributed by atoms with van der Waals surface area (Å²) < 4.78 is 14.2. The Hall–Kier alpha value is -2.88. The molecule has 2 N–H and O–H groups in total. The van der Waals surface area contributed by atoms with Crippen LogP contribution >= 0.6 is 0 Å². The molecule has 0 radical (unpaired) electrons. The van der Waals surface area contributed by atoms with Gasteiger partial charge in [-0.1, -0.05) is 42.5 Å². The predicted molar refractivity (Wildman–Crippen MR) is 94.8 cm³/mol. The second kappa shape index (κ2) is 6.08. The van der Waals surface area contributed by atoms with Gasteiger partial charge in [0.2, 0.25) is 5.96 Å². The number of benzene rings is 3. The molecule has 0 aromatic heterocycles. The molecule has 0 amide bonds. The van der Waals surface area contributed by atoms with Gasteiger partial charge in [-0.25, -0.2) is 9.38 Å². The maximum absolute atomic E-state index is 14.2. The maximum atomic E-state index is 14.2. The van der Waals surface area contributed by atoms with Gasteiger partial charge in [0.1, 0.15) is 11.5 Å². The monoisotopic (exact) mass is 307 g/mol. The van der Waals surface area contributed by atoms with Gasteiger partial charge in [0.05, 0.1) is 0 Å². The van der Waals surface area contributed by atoms with E-state index in [-0.39, 0.29) is 17.5 Å². The van der Waals surface area contributed by atoms with Gasteiger partial charge in [-0.3, -0.25) is 0 Å². The minimum absolute atomic E-state index is 0.242. The minimum atomic E-state index is -0.385. The van der Waals surface area contributed by atoms with Gasteiger partial charge < -0.3 is 10.6 Å². The molecule has 0 spiro atoms. The van der Waals surface area contributed by atoms with Crippen molar-refractivity contribution in [2.45, 2.75) is 6.92 Å². The van der Waals surface area contributed by atoms with Crippen LogP contribution in [0.2, 0.25) is 0 Å². The summed E-state index contributed by atoms with van der Waals surface area (Å²) in [5.41, 5.74) is 8.40. The highest BCUT2D eigenvalue weighted by atomic mass is 19.1. The number of nitrogens with zero attached hydrogens (tertiary/aromatic N) is 2. The van der Waals surface area contributed by atoms with E-state index in [0.29, 0.717) is 0 Å². The van der Waals surface area contributed by atoms with Crippen molar-refractivity contribution in [3.63, 3.8) is 0 Å². The molecule has 23 heavy (non-hydrogen) atoms. The Morgan fingerprint density at radius 2 is 1.83 bits per heavy atom. The standard InChI is InChI=1S/C19H18FN3/c1-13-6-5-8-15(12-13)23(2)19(21)22-18-16-9-4-3-7-14(16)10-11-17(18)20/h3-12H,1-2H3,(H2,21,22). The first-order valence-electron chi connectivity index (χ1n) is 7.38. The van der Waals surface area contributed by atoms with Crippen LogP contribution in [0.4, 0.5) is 15.8 Å². The van der Waals surface area contributed by atoms with Crippen LogP contribution < -0.4 is 10.6 Å². The highest BCUT2D eigenvalue weighted by Crippen LogP contribution is 2.29. The SMILES string of the molecule is Cc1cccc(N(C)C(N)=Nc2c(F)ccc3ccccc23)c1. The Morgan fingerprint density at radius 1 is 1.04 bits per heavy atom. The molecule has 3 rings (SSSR count). The summed E-state index contributed by atoms with van der Waals surface area (Å²) in [6.07, 6.45) is 0. The second-order valence-corrected chi connectivity index (χ2v) is 5.49. The molecule has 116 valence electrons. The molecular formula is C19H18FN3. The summed E-state index contributed by atoms with van der Waals surface area (Å²) in [7, 11) is 1.82. The molecule has 0 aliphatic heterocycles. The summed E-state index contributed by atoms with van der Waals surface area (Å²) in [6, 6.07) is 18.6. The summed E-state index contributed by atoms with van der Waals surface area (Å²) in [5.74, 6) is -0.143. The van der Waals surface area contributed by atoms with E-state index in [9.17, 15) is 4.39 Å². The molecule has 0 atom stereocenters. The fourth-order valence-corrected chi connectivity index (χ4v) is 2.50. The van der Waals surface area contributed by atoms with Crippen LogP contribution in [0.15, 0.2) is 65.7 Å². The lowest BCUT2D eigenvalue weighted by Crippen LogP contribution is -2.33. The number of aryl methyl sites for hydroxylation is 1. The van der Waals surface area contributed by atoms with E-state index in [4.69, 9.17) is 5.73 Å². The quantitative estimate of drug-likeness (QED) is 0.564. The number of aliphatic imine (C=N–C) groups is 1. The van der Waals surface area contributed by atoms with Crippen LogP contribution in [0.1, 0.15) is 5.56 Å². The van der Waals surface area contributed by atoms with E-state index in [2.05, 4.69) is 4.99 Å². The Balaban J connectivity index is 2.06. The lowest BCUT2D eigenvalue weighted by molar-refractivity contribution is 0.631. The van der Waals surface area contributed by atoms with Crippen LogP contribution in [0, 0.1) is 12.7 Å². The van der Waals surface area contributed by atoms with Crippen molar-refractivity contribution in [3.8, 4) is 0 Å². The number of anilines is 1. The van der Waals surface area contributed by atoms with Crippen molar-refractivity contribution in [1.29, 1.82) is 0 Å². The Bertz CT molecular complexity index is 887. The molecule has 0 saturated heterocycles. The van der Waals surface area contributed by atoms with Gasteiger partial charge in [0, 0.05) is 18.1 Å². The summed E-state index contributed by atoms with van der Waals surface area (Å²) in [4.78, 5) is 6.08. The highest BCUT2D eigenvalue weighted by Gasteiger charge is 2.10. The molecule has 3 aromatic carbocycles. The zero-order chi connectivity index (χ0) is 16.4. The zero-order valence-electron chi connectivity index (χ0n) is 13.1. The molecule has 0 unspecified atom stereocenters. The lowest BCUT2D eigenvalue weighted by atomic mass is 10.1. The van der Waals surface area contributed by atoms with Crippen LogP contribution in [0.3, 0.4) is 0 Å². The Kier molecular flexibility index (Phi) is 3.98. The van der Waals surface area contributed by atoms with Gasteiger partial charge in [0.25, 0.3) is 0 Å². The first-order chi connectivity index (χ1) is 11.1. The number of fused-ring (bicyclic) bond motifs is 1. The van der Waals surface area contributed by atoms with E-state index in [1.165, 1.54) is 6.07 Å². The van der Waals surface area contributed by atoms with Crippen LogP contribution in [0.25, 0.3) is 10.8 Å². The molecular weight excluding hydrogens is 289 g/mol. The summed E-state index contributed by atoms with van der Waals surface area (Å²) >= 11 is 0. The van der Waals surface area contributed by atoms with Crippen molar-refractivity contribution in [3.05, 3.63) is 72.0 Å². The number of hydrogen-bond acceptors (Lipinski definition) is 1. The number of rotatable bonds is 2. The smallest absolute Gasteiger partial charge is 0.200 e. The van der Waals surface area contributed by atoms with E-state index < -0.39 is 0 Å². The first kappa shape index (κ1) is 15.0. The molecule has 0 fully saturated rings. The van der Waals surface area contributed by atoms with Crippen molar-refractivity contribution < 1.29 is 4.39 Å². The molecule has 0 heterocycles. The average molecular weight is 307 g/mol. The number of guanidine groups is 1. The molecule has 4 heteroatoms. The third-order valence-electron chi connectivity index (χ3n) is 3.81. The van der Waals surface area contributed by atoms with Crippen LogP contribution in [0.5, 0.6) is 0 Å². The zero-order valence-corrected chi connectivity index (χ0v) is 13.1. The van der Waals surface area contributed by atoms with Crippen LogP contribution in [-0.4, -0.2) is 13.0 Å². The van der Waals surface area contributed by atoms with E-state index in [1.807, 2.05) is 62.5 Å². The Labute approximate surface area is 134 Å². The van der Waals surface area contributed by atoms with Gasteiger partial charge in [-0.15, -0.1) is 0 Å². The molecule has 0 aliphatic carbocycles. The second-order valence-electron chi connectivity index (χ2n) is 5.49. The van der Waals surface area contributed by atoms with Gasteiger partial charge >= 0.3 is 0 Å². The molecule has 3 aromatic rings. The van der Waals surface area contributed by atoms with Crippen molar-refractivity contribution in [2.75, 3.05) is 11.9 Å². The Morgan fingerprint density at radius 3 is 2.61 bits per heavy atom. The third kappa shape index (κ3) is 3.01. The van der Waals surface area contributed by atoms with Gasteiger partial charge in [-0.05, 0) is 36.1 Å².